The lowest BCUT2D eigenvalue weighted by Gasteiger charge is -2.24. The number of rotatable bonds is 5. The third-order valence-electron chi connectivity index (χ3n) is 5.07. The number of carbonyl (C=O) groups is 2. The maximum absolute atomic E-state index is 13.1. The van der Waals surface area contributed by atoms with Crippen LogP contribution in [0.4, 0.5) is 13.2 Å². The van der Waals surface area contributed by atoms with E-state index >= 15 is 0 Å². The number of hydrogen-bond donors (Lipinski definition) is 0. The van der Waals surface area contributed by atoms with E-state index in [0.29, 0.717) is 18.5 Å². The second-order valence-corrected chi connectivity index (χ2v) is 7.59. The van der Waals surface area contributed by atoms with Crippen LogP contribution >= 0.6 is 0 Å². The molecule has 150 valence electrons. The molecule has 1 aliphatic heterocycles. The van der Waals surface area contributed by atoms with Crippen molar-refractivity contribution in [3.8, 4) is 0 Å². The Balaban J connectivity index is 2.35. The molecular formula is C20H27F3N2O2. The number of hydrogen-bond acceptors (Lipinski definition) is 2. The van der Waals surface area contributed by atoms with E-state index in [1.54, 1.807) is 22.9 Å². The Bertz CT molecular complexity index is 688. The van der Waals surface area contributed by atoms with Crippen LogP contribution < -0.4 is 0 Å². The van der Waals surface area contributed by atoms with Crippen molar-refractivity contribution in [1.82, 2.24) is 9.80 Å². The molecular weight excluding hydrogens is 357 g/mol. The van der Waals surface area contributed by atoms with Gasteiger partial charge in [-0.05, 0) is 24.5 Å². The van der Waals surface area contributed by atoms with Crippen molar-refractivity contribution in [3.05, 3.63) is 35.4 Å². The molecule has 1 aromatic rings. The summed E-state index contributed by atoms with van der Waals surface area (Å²) in [6.45, 7) is 6.73. The first-order valence-electron chi connectivity index (χ1n) is 9.24. The molecule has 1 aliphatic rings. The summed E-state index contributed by atoms with van der Waals surface area (Å²) in [6, 6.07) is 5.10. The smallest absolute Gasteiger partial charge is 0.346 e. The van der Waals surface area contributed by atoms with E-state index in [1.165, 1.54) is 6.07 Å². The van der Waals surface area contributed by atoms with E-state index in [4.69, 9.17) is 0 Å². The normalized spacial score (nSPS) is 20.2. The molecule has 27 heavy (non-hydrogen) atoms. The van der Waals surface area contributed by atoms with Gasteiger partial charge >= 0.3 is 6.18 Å². The Labute approximate surface area is 158 Å². The van der Waals surface area contributed by atoms with Gasteiger partial charge in [-0.15, -0.1) is 0 Å². The van der Waals surface area contributed by atoms with Crippen molar-refractivity contribution in [2.24, 2.45) is 11.8 Å². The lowest BCUT2D eigenvalue weighted by molar-refractivity contribution is -0.137. The summed E-state index contributed by atoms with van der Waals surface area (Å²) in [7, 11) is 1.67. The minimum absolute atomic E-state index is 0.0589. The molecule has 2 amide bonds. The standard InChI is InChI=1S/C20H27F3N2O2/c1-5-24(4)19(27)17-12-25(18(26)9-13(2)3)11-16(17)14-7-6-8-15(10-14)20(21,22)23/h6-8,10,13,16-17H,5,9,11-12H2,1-4H3/t16-,17+/m1/s1. The van der Waals surface area contributed by atoms with Crippen LogP contribution in [0.3, 0.4) is 0 Å². The van der Waals surface area contributed by atoms with Crippen molar-refractivity contribution in [3.63, 3.8) is 0 Å². The summed E-state index contributed by atoms with van der Waals surface area (Å²) in [5.74, 6) is -0.992. The Morgan fingerprint density at radius 1 is 1.26 bits per heavy atom. The van der Waals surface area contributed by atoms with Crippen LogP contribution in [0.1, 0.15) is 44.2 Å². The molecule has 2 atom stereocenters. The van der Waals surface area contributed by atoms with Gasteiger partial charge in [0.15, 0.2) is 0 Å². The van der Waals surface area contributed by atoms with Crippen LogP contribution in [-0.4, -0.2) is 48.3 Å². The Morgan fingerprint density at radius 3 is 2.48 bits per heavy atom. The Kier molecular flexibility index (Phi) is 6.54. The molecule has 1 saturated heterocycles. The molecule has 2 rings (SSSR count). The predicted octanol–water partition coefficient (Wildman–Crippen LogP) is 3.77. The fourth-order valence-electron chi connectivity index (χ4n) is 3.46. The average molecular weight is 384 g/mol. The van der Waals surface area contributed by atoms with Crippen LogP contribution in [0.5, 0.6) is 0 Å². The van der Waals surface area contributed by atoms with Crippen molar-refractivity contribution in [2.45, 2.75) is 39.3 Å². The molecule has 0 aromatic heterocycles. The summed E-state index contributed by atoms with van der Waals surface area (Å²) < 4.78 is 39.3. The van der Waals surface area contributed by atoms with Gasteiger partial charge in [-0.2, -0.15) is 13.2 Å². The van der Waals surface area contributed by atoms with Crippen LogP contribution in [0, 0.1) is 11.8 Å². The van der Waals surface area contributed by atoms with Gasteiger partial charge in [0.05, 0.1) is 11.5 Å². The monoisotopic (exact) mass is 384 g/mol. The molecule has 1 aromatic carbocycles. The number of carbonyl (C=O) groups excluding carboxylic acids is 2. The highest BCUT2D eigenvalue weighted by atomic mass is 19.4. The summed E-state index contributed by atoms with van der Waals surface area (Å²) in [6.07, 6.45) is -4.08. The first kappa shape index (κ1) is 21.3. The van der Waals surface area contributed by atoms with E-state index in [1.807, 2.05) is 20.8 Å². The molecule has 0 N–H and O–H groups in total. The van der Waals surface area contributed by atoms with Gasteiger partial charge in [0, 0.05) is 39.0 Å². The molecule has 0 spiro atoms. The molecule has 0 unspecified atom stereocenters. The van der Waals surface area contributed by atoms with Gasteiger partial charge in [-0.1, -0.05) is 32.0 Å². The van der Waals surface area contributed by atoms with E-state index in [2.05, 4.69) is 0 Å². The lowest BCUT2D eigenvalue weighted by Crippen LogP contribution is -2.37. The average Bonchev–Trinajstić information content (AvgIpc) is 3.04. The van der Waals surface area contributed by atoms with Crippen molar-refractivity contribution in [1.29, 1.82) is 0 Å². The second-order valence-electron chi connectivity index (χ2n) is 7.59. The lowest BCUT2D eigenvalue weighted by atomic mass is 9.87. The third-order valence-corrected chi connectivity index (χ3v) is 5.07. The number of alkyl halides is 3. The SMILES string of the molecule is CCN(C)C(=O)[C@H]1CN(C(=O)CC(C)C)C[C@@H]1c1cccc(C(F)(F)F)c1. The number of benzene rings is 1. The van der Waals surface area contributed by atoms with Gasteiger partial charge in [-0.25, -0.2) is 0 Å². The molecule has 4 nitrogen and oxygen atoms in total. The van der Waals surface area contributed by atoms with Crippen LogP contribution in [0.2, 0.25) is 0 Å². The fourth-order valence-corrected chi connectivity index (χ4v) is 3.46. The second kappa shape index (κ2) is 8.31. The molecule has 0 bridgehead atoms. The highest BCUT2D eigenvalue weighted by Gasteiger charge is 2.42. The van der Waals surface area contributed by atoms with Crippen molar-refractivity contribution >= 4 is 11.8 Å². The van der Waals surface area contributed by atoms with E-state index in [9.17, 15) is 22.8 Å². The third kappa shape index (κ3) is 5.02. The van der Waals surface area contributed by atoms with E-state index < -0.39 is 23.6 Å². The predicted molar refractivity (Wildman–Crippen MR) is 97.0 cm³/mol. The molecule has 1 heterocycles. The van der Waals surface area contributed by atoms with E-state index in [-0.39, 0.29) is 30.8 Å². The van der Waals surface area contributed by atoms with Crippen LogP contribution in [0.25, 0.3) is 0 Å². The molecule has 0 radical (unpaired) electrons. The summed E-state index contributed by atoms with van der Waals surface area (Å²) in [5, 5.41) is 0. The van der Waals surface area contributed by atoms with Gasteiger partial charge in [-0.3, -0.25) is 9.59 Å². The number of amides is 2. The van der Waals surface area contributed by atoms with Gasteiger partial charge in [0.1, 0.15) is 0 Å². The Hall–Kier alpha value is -2.05. The number of likely N-dealkylation sites (tertiary alicyclic amines) is 1. The summed E-state index contributed by atoms with van der Waals surface area (Å²) >= 11 is 0. The minimum atomic E-state index is -4.44. The number of nitrogens with zero attached hydrogens (tertiary/aromatic N) is 2. The zero-order chi connectivity index (χ0) is 20.4. The van der Waals surface area contributed by atoms with Gasteiger partial charge in [0.25, 0.3) is 0 Å². The van der Waals surface area contributed by atoms with Crippen LogP contribution in [0.15, 0.2) is 24.3 Å². The molecule has 7 heteroatoms. The molecule has 0 saturated carbocycles. The highest BCUT2D eigenvalue weighted by Crippen LogP contribution is 2.37. The summed E-state index contributed by atoms with van der Waals surface area (Å²) in [5.41, 5.74) is -0.283. The zero-order valence-electron chi connectivity index (χ0n) is 16.2. The maximum Gasteiger partial charge on any atom is 0.416 e. The molecule has 1 fully saturated rings. The Morgan fingerprint density at radius 2 is 1.93 bits per heavy atom. The largest absolute Gasteiger partial charge is 0.416 e. The number of halogens is 3. The quantitative estimate of drug-likeness (QED) is 0.775. The topological polar surface area (TPSA) is 40.6 Å². The van der Waals surface area contributed by atoms with Crippen molar-refractivity contribution in [2.75, 3.05) is 26.7 Å². The maximum atomic E-state index is 13.1. The van der Waals surface area contributed by atoms with Gasteiger partial charge < -0.3 is 9.80 Å². The van der Waals surface area contributed by atoms with Gasteiger partial charge in [0.2, 0.25) is 11.8 Å². The molecule has 0 aliphatic carbocycles. The first-order chi connectivity index (χ1) is 12.5. The highest BCUT2D eigenvalue weighted by molar-refractivity contribution is 5.83. The summed E-state index contributed by atoms with van der Waals surface area (Å²) in [4.78, 5) is 28.5. The zero-order valence-corrected chi connectivity index (χ0v) is 16.2. The van der Waals surface area contributed by atoms with Crippen molar-refractivity contribution < 1.29 is 22.8 Å². The minimum Gasteiger partial charge on any atom is -0.346 e. The first-order valence-corrected chi connectivity index (χ1v) is 9.24. The van der Waals surface area contributed by atoms with E-state index in [0.717, 1.165) is 12.1 Å². The fraction of sp³-hybridized carbons (Fsp3) is 0.600. The van der Waals surface area contributed by atoms with Crippen LogP contribution in [-0.2, 0) is 15.8 Å².